The molecular weight excluding hydrogens is 428 g/mol. The van der Waals surface area contributed by atoms with Gasteiger partial charge in [0, 0.05) is 44.8 Å². The molecule has 1 aromatic heterocycles. The first-order valence-electron chi connectivity index (χ1n) is 10.7. The van der Waals surface area contributed by atoms with Crippen LogP contribution >= 0.6 is 0 Å². The van der Waals surface area contributed by atoms with Crippen LogP contribution in [0.2, 0.25) is 0 Å². The number of carbonyl (C=O) groups is 2. The van der Waals surface area contributed by atoms with E-state index >= 15 is 0 Å². The number of piperidine rings is 1. The average Bonchev–Trinajstić information content (AvgIpc) is 2.98. The number of fused-ring (bicyclic) bond motifs is 1. The Bertz CT molecular complexity index is 1150. The predicted molar refractivity (Wildman–Crippen MR) is 120 cm³/mol. The van der Waals surface area contributed by atoms with E-state index < -0.39 is 21.4 Å². The molecule has 0 unspecified atom stereocenters. The summed E-state index contributed by atoms with van der Waals surface area (Å²) in [6.07, 6.45) is 4.61. The van der Waals surface area contributed by atoms with Crippen molar-refractivity contribution < 1.29 is 18.0 Å². The summed E-state index contributed by atoms with van der Waals surface area (Å²) in [6.45, 7) is 4.47. The molecule has 0 aliphatic carbocycles. The number of pyridine rings is 1. The third-order valence-electron chi connectivity index (χ3n) is 6.42. The van der Waals surface area contributed by atoms with Gasteiger partial charge in [0.2, 0.25) is 21.8 Å². The van der Waals surface area contributed by atoms with Crippen LogP contribution in [0.3, 0.4) is 0 Å². The second-order valence-corrected chi connectivity index (χ2v) is 10.9. The molecule has 0 saturated carbocycles. The Morgan fingerprint density at radius 2 is 2.06 bits per heavy atom. The number of hydrogen-bond donors (Lipinski definition) is 1. The largest absolute Gasteiger partial charge is 0.352 e. The highest BCUT2D eigenvalue weighted by atomic mass is 32.2. The smallest absolute Gasteiger partial charge is 0.243 e. The van der Waals surface area contributed by atoms with Gasteiger partial charge in [-0.15, -0.1) is 0 Å². The summed E-state index contributed by atoms with van der Waals surface area (Å²) in [6, 6.07) is 8.53. The van der Waals surface area contributed by atoms with Crippen molar-refractivity contribution in [3.63, 3.8) is 0 Å². The summed E-state index contributed by atoms with van der Waals surface area (Å²) in [5.74, 6) is -0.629. The van der Waals surface area contributed by atoms with E-state index in [-0.39, 0.29) is 23.3 Å². The van der Waals surface area contributed by atoms with Crippen LogP contribution in [-0.4, -0.2) is 49.7 Å². The van der Waals surface area contributed by atoms with Crippen LogP contribution in [-0.2, 0) is 31.6 Å². The van der Waals surface area contributed by atoms with Crippen LogP contribution in [0.5, 0.6) is 0 Å². The number of rotatable bonds is 5. The fraction of sp³-hybridized carbons (Fsp3) is 0.435. The van der Waals surface area contributed by atoms with Crippen molar-refractivity contribution in [3.8, 4) is 0 Å². The van der Waals surface area contributed by atoms with E-state index in [0.29, 0.717) is 31.5 Å². The van der Waals surface area contributed by atoms with Gasteiger partial charge in [0.05, 0.1) is 16.2 Å². The molecule has 170 valence electrons. The quantitative estimate of drug-likeness (QED) is 0.742. The van der Waals surface area contributed by atoms with E-state index in [4.69, 9.17) is 0 Å². The maximum atomic E-state index is 13.4. The number of benzene rings is 1. The summed E-state index contributed by atoms with van der Waals surface area (Å²) >= 11 is 0. The molecule has 2 aromatic rings. The highest BCUT2D eigenvalue weighted by Gasteiger charge is 2.43. The molecule has 1 N–H and O–H groups in total. The maximum absolute atomic E-state index is 13.4. The minimum atomic E-state index is -3.79. The Labute approximate surface area is 188 Å². The third kappa shape index (κ3) is 3.91. The van der Waals surface area contributed by atoms with Gasteiger partial charge in [0.15, 0.2) is 0 Å². The van der Waals surface area contributed by atoms with Crippen LogP contribution in [0.4, 0.5) is 5.69 Å². The summed E-state index contributed by atoms with van der Waals surface area (Å²) in [5.41, 5.74) is 1.53. The van der Waals surface area contributed by atoms with E-state index in [9.17, 15) is 18.0 Å². The zero-order valence-corrected chi connectivity index (χ0v) is 19.4. The van der Waals surface area contributed by atoms with Crippen LogP contribution in [0.25, 0.3) is 0 Å². The number of nitrogens with one attached hydrogen (secondary N) is 1. The van der Waals surface area contributed by atoms with E-state index in [1.165, 1.54) is 4.31 Å². The number of sulfonamides is 1. The van der Waals surface area contributed by atoms with Gasteiger partial charge in [0.1, 0.15) is 0 Å². The lowest BCUT2D eigenvalue weighted by atomic mass is 9.86. The van der Waals surface area contributed by atoms with Gasteiger partial charge in [0.25, 0.3) is 0 Å². The lowest BCUT2D eigenvalue weighted by Gasteiger charge is -2.31. The molecule has 1 saturated heterocycles. The Hall–Kier alpha value is -2.78. The van der Waals surface area contributed by atoms with Crippen molar-refractivity contribution in [3.05, 3.63) is 53.9 Å². The van der Waals surface area contributed by atoms with Gasteiger partial charge >= 0.3 is 0 Å². The van der Waals surface area contributed by atoms with Crippen LogP contribution < -0.4 is 10.2 Å². The van der Waals surface area contributed by atoms with Gasteiger partial charge < -0.3 is 10.2 Å². The highest BCUT2D eigenvalue weighted by Crippen LogP contribution is 2.42. The second kappa shape index (κ2) is 8.29. The monoisotopic (exact) mass is 456 g/mol. The van der Waals surface area contributed by atoms with Gasteiger partial charge in [-0.2, -0.15) is 4.31 Å². The van der Waals surface area contributed by atoms with Crippen LogP contribution in [0.1, 0.15) is 37.8 Å². The molecule has 1 aromatic carbocycles. The number of carbonyl (C=O) groups excluding carboxylic acids is 2. The molecule has 2 aliphatic rings. The van der Waals surface area contributed by atoms with Crippen LogP contribution in [0, 0.1) is 5.92 Å². The molecule has 9 heteroatoms. The van der Waals surface area contributed by atoms with Gasteiger partial charge in [-0.3, -0.25) is 14.6 Å². The number of amides is 2. The Morgan fingerprint density at radius 1 is 1.28 bits per heavy atom. The lowest BCUT2D eigenvalue weighted by Crippen LogP contribution is -2.45. The summed E-state index contributed by atoms with van der Waals surface area (Å²) < 4.78 is 28.2. The van der Waals surface area contributed by atoms with E-state index in [0.717, 1.165) is 11.3 Å². The minimum Gasteiger partial charge on any atom is -0.352 e. The van der Waals surface area contributed by atoms with Gasteiger partial charge in [-0.05, 0) is 62.1 Å². The molecular formula is C23H28N4O4S. The Kier molecular flexibility index (Phi) is 5.81. The second-order valence-electron chi connectivity index (χ2n) is 8.95. The molecule has 32 heavy (non-hydrogen) atoms. The fourth-order valence-corrected chi connectivity index (χ4v) is 6.02. The molecule has 4 rings (SSSR count). The first kappa shape index (κ1) is 22.4. The van der Waals surface area contributed by atoms with Crippen molar-refractivity contribution >= 4 is 27.5 Å². The maximum Gasteiger partial charge on any atom is 0.243 e. The van der Waals surface area contributed by atoms with Crippen molar-refractivity contribution in [1.82, 2.24) is 14.6 Å². The zero-order valence-electron chi connectivity index (χ0n) is 18.5. The first-order chi connectivity index (χ1) is 15.1. The SMILES string of the molecule is CN1C(=O)C(C)(C)c2cc(S(=O)(=O)N3CCC[C@H](C(=O)NCc4cccnc4)C3)ccc21. The van der Waals surface area contributed by atoms with Gasteiger partial charge in [-0.25, -0.2) is 8.42 Å². The summed E-state index contributed by atoms with van der Waals surface area (Å²) in [4.78, 5) is 31.0. The van der Waals surface area contributed by atoms with Gasteiger partial charge in [-0.1, -0.05) is 6.07 Å². The standard InChI is InChI=1S/C23H28N4O4S/c1-23(2)19-12-18(8-9-20(19)26(3)22(23)29)32(30,31)27-11-5-7-17(15-27)21(28)25-14-16-6-4-10-24-13-16/h4,6,8-10,12-13,17H,5,7,11,14-15H2,1-3H3,(H,25,28)/t17-/m0/s1. The van der Waals surface area contributed by atoms with Crippen LogP contribution in [0.15, 0.2) is 47.6 Å². The minimum absolute atomic E-state index is 0.0645. The van der Waals surface area contributed by atoms with E-state index in [1.807, 2.05) is 6.07 Å². The fourth-order valence-electron chi connectivity index (χ4n) is 4.47. The Balaban J connectivity index is 1.50. The third-order valence-corrected chi connectivity index (χ3v) is 8.29. The van der Waals surface area contributed by atoms with Crippen molar-refractivity contribution in [2.45, 2.75) is 43.5 Å². The number of hydrogen-bond acceptors (Lipinski definition) is 5. The first-order valence-corrected chi connectivity index (χ1v) is 12.2. The molecule has 2 aliphatic heterocycles. The average molecular weight is 457 g/mol. The predicted octanol–water partition coefficient (Wildman–Crippen LogP) is 2.05. The number of likely N-dealkylation sites (N-methyl/N-ethyl adjacent to an activating group) is 1. The summed E-state index contributed by atoms with van der Waals surface area (Å²) in [7, 11) is -2.09. The lowest BCUT2D eigenvalue weighted by molar-refractivity contribution is -0.126. The molecule has 1 fully saturated rings. The molecule has 0 radical (unpaired) electrons. The normalized spacial score (nSPS) is 20.8. The number of nitrogens with zero attached hydrogens (tertiary/aromatic N) is 3. The summed E-state index contributed by atoms with van der Waals surface area (Å²) in [5, 5.41) is 2.89. The van der Waals surface area contributed by atoms with Crippen molar-refractivity contribution in [2.75, 3.05) is 25.0 Å². The molecule has 0 spiro atoms. The van der Waals surface area contributed by atoms with Crippen molar-refractivity contribution in [2.24, 2.45) is 5.92 Å². The number of anilines is 1. The highest BCUT2D eigenvalue weighted by molar-refractivity contribution is 7.89. The number of aromatic nitrogens is 1. The molecule has 3 heterocycles. The molecule has 1 atom stereocenters. The molecule has 8 nitrogen and oxygen atoms in total. The molecule has 2 amide bonds. The van der Waals surface area contributed by atoms with Crippen molar-refractivity contribution in [1.29, 1.82) is 0 Å². The van der Waals surface area contributed by atoms with E-state index in [2.05, 4.69) is 10.3 Å². The molecule has 0 bridgehead atoms. The Morgan fingerprint density at radius 3 is 2.78 bits per heavy atom. The zero-order chi connectivity index (χ0) is 23.1. The van der Waals surface area contributed by atoms with E-state index in [1.54, 1.807) is 62.5 Å². The topological polar surface area (TPSA) is 99.7 Å².